The van der Waals surface area contributed by atoms with Crippen LogP contribution in [-0.4, -0.2) is 18.0 Å². The topological polar surface area (TPSA) is 45.0 Å². The number of hydrogen-bond donors (Lipinski definition) is 1. The molecule has 0 spiro atoms. The third-order valence-electron chi connectivity index (χ3n) is 4.25. The maximum atomic E-state index is 9.60. The normalized spacial score (nSPS) is 19.8. The van der Waals surface area contributed by atoms with Crippen molar-refractivity contribution < 1.29 is 5.11 Å². The zero-order valence-electron chi connectivity index (χ0n) is 13.1. The standard InChI is InChI=1S/C19H20N2OS/c1-23-18-9-7-16(8-10-18)19(11-12-22)17(14-20-21-19)13-15-5-3-2-4-6-15/h2-10,14,22H,11-13H2,1H3. The number of aliphatic hydroxyl groups excluding tert-OH is 1. The number of nitrogens with zero attached hydrogens (tertiary/aromatic N) is 2. The maximum absolute atomic E-state index is 9.60. The summed E-state index contributed by atoms with van der Waals surface area (Å²) in [6, 6.07) is 18.7. The van der Waals surface area contributed by atoms with Crippen molar-refractivity contribution in [3.05, 3.63) is 77.5 Å². The lowest BCUT2D eigenvalue weighted by Crippen LogP contribution is -2.27. The van der Waals surface area contributed by atoms with Crippen molar-refractivity contribution in [1.82, 2.24) is 0 Å². The molecule has 1 atom stereocenters. The second-order valence-corrected chi connectivity index (χ2v) is 6.47. The molecule has 2 aromatic carbocycles. The highest BCUT2D eigenvalue weighted by molar-refractivity contribution is 7.98. The molecule has 1 heterocycles. The number of thioether (sulfide) groups is 1. The molecule has 0 fully saturated rings. The first-order chi connectivity index (χ1) is 11.3. The monoisotopic (exact) mass is 324 g/mol. The molecule has 4 heteroatoms. The van der Waals surface area contributed by atoms with Crippen molar-refractivity contribution in [3.8, 4) is 0 Å². The van der Waals surface area contributed by atoms with Crippen LogP contribution in [0.15, 0.2) is 81.5 Å². The molecule has 0 aliphatic carbocycles. The molecule has 118 valence electrons. The van der Waals surface area contributed by atoms with Gasteiger partial charge in [-0.25, -0.2) is 0 Å². The van der Waals surface area contributed by atoms with Crippen LogP contribution in [0.3, 0.4) is 0 Å². The zero-order chi connectivity index (χ0) is 16.1. The first-order valence-corrected chi connectivity index (χ1v) is 8.92. The number of hydrogen-bond acceptors (Lipinski definition) is 4. The Morgan fingerprint density at radius 2 is 1.78 bits per heavy atom. The molecule has 3 nitrogen and oxygen atoms in total. The van der Waals surface area contributed by atoms with Crippen molar-refractivity contribution in [1.29, 1.82) is 0 Å². The maximum Gasteiger partial charge on any atom is 0.132 e. The van der Waals surface area contributed by atoms with Gasteiger partial charge in [-0.3, -0.25) is 0 Å². The van der Waals surface area contributed by atoms with Crippen LogP contribution >= 0.6 is 11.8 Å². The predicted octanol–water partition coefficient (Wildman–Crippen LogP) is 4.58. The highest BCUT2D eigenvalue weighted by Crippen LogP contribution is 2.42. The van der Waals surface area contributed by atoms with Crippen LogP contribution in [0.4, 0.5) is 0 Å². The van der Waals surface area contributed by atoms with Gasteiger partial charge in [0.25, 0.3) is 0 Å². The van der Waals surface area contributed by atoms with Gasteiger partial charge in [-0.15, -0.1) is 11.8 Å². The van der Waals surface area contributed by atoms with Gasteiger partial charge in [0.1, 0.15) is 5.54 Å². The Morgan fingerprint density at radius 1 is 1.04 bits per heavy atom. The fourth-order valence-corrected chi connectivity index (χ4v) is 3.41. The van der Waals surface area contributed by atoms with Crippen LogP contribution < -0.4 is 0 Å². The second kappa shape index (κ2) is 7.11. The van der Waals surface area contributed by atoms with Gasteiger partial charge >= 0.3 is 0 Å². The van der Waals surface area contributed by atoms with Crippen LogP contribution in [0.1, 0.15) is 17.5 Å². The summed E-state index contributed by atoms with van der Waals surface area (Å²) >= 11 is 1.72. The Bertz CT molecular complexity index is 710. The molecule has 0 aromatic heterocycles. The van der Waals surface area contributed by atoms with Crippen LogP contribution in [0.25, 0.3) is 0 Å². The Labute approximate surface area is 141 Å². The van der Waals surface area contributed by atoms with Crippen molar-refractivity contribution in [2.75, 3.05) is 12.9 Å². The smallest absolute Gasteiger partial charge is 0.132 e. The highest BCUT2D eigenvalue weighted by Gasteiger charge is 2.38. The lowest BCUT2D eigenvalue weighted by atomic mass is 9.79. The van der Waals surface area contributed by atoms with Crippen LogP contribution in [-0.2, 0) is 12.0 Å². The van der Waals surface area contributed by atoms with E-state index in [1.807, 2.05) is 24.4 Å². The average Bonchev–Trinajstić information content (AvgIpc) is 3.00. The van der Waals surface area contributed by atoms with E-state index in [-0.39, 0.29) is 6.61 Å². The molecule has 1 N–H and O–H groups in total. The summed E-state index contributed by atoms with van der Waals surface area (Å²) in [7, 11) is 0. The van der Waals surface area contributed by atoms with Crippen molar-refractivity contribution in [2.24, 2.45) is 10.2 Å². The molecule has 2 aromatic rings. The van der Waals surface area contributed by atoms with Crippen molar-refractivity contribution >= 4 is 11.8 Å². The summed E-state index contributed by atoms with van der Waals surface area (Å²) in [6.07, 6.45) is 5.26. The lowest BCUT2D eigenvalue weighted by molar-refractivity contribution is 0.252. The summed E-state index contributed by atoms with van der Waals surface area (Å²) in [5.41, 5.74) is 2.91. The molecule has 0 radical (unpaired) electrons. The van der Waals surface area contributed by atoms with Gasteiger partial charge in [0.2, 0.25) is 0 Å². The predicted molar refractivity (Wildman–Crippen MR) is 94.7 cm³/mol. The first-order valence-electron chi connectivity index (χ1n) is 7.69. The van der Waals surface area contributed by atoms with E-state index in [1.54, 1.807) is 11.8 Å². The summed E-state index contributed by atoms with van der Waals surface area (Å²) < 4.78 is 0. The molecule has 1 aliphatic rings. The summed E-state index contributed by atoms with van der Waals surface area (Å²) in [6.45, 7) is 0.0788. The number of rotatable bonds is 6. The van der Waals surface area contributed by atoms with Gasteiger partial charge in [-0.1, -0.05) is 42.5 Å². The van der Waals surface area contributed by atoms with Crippen LogP contribution in [0, 0.1) is 0 Å². The minimum Gasteiger partial charge on any atom is -0.396 e. The molecule has 3 rings (SSSR count). The van der Waals surface area contributed by atoms with E-state index in [4.69, 9.17) is 0 Å². The van der Waals surface area contributed by atoms with E-state index in [0.29, 0.717) is 6.42 Å². The van der Waals surface area contributed by atoms with Crippen LogP contribution in [0.5, 0.6) is 0 Å². The quantitative estimate of drug-likeness (QED) is 0.791. The second-order valence-electron chi connectivity index (χ2n) is 5.59. The van der Waals surface area contributed by atoms with Gasteiger partial charge in [-0.2, -0.15) is 10.2 Å². The van der Waals surface area contributed by atoms with E-state index >= 15 is 0 Å². The van der Waals surface area contributed by atoms with Crippen molar-refractivity contribution in [3.63, 3.8) is 0 Å². The third-order valence-corrected chi connectivity index (χ3v) is 5.00. The molecular formula is C19H20N2OS. The third kappa shape index (κ3) is 3.23. The number of aliphatic hydroxyl groups is 1. The van der Waals surface area contributed by atoms with Gasteiger partial charge < -0.3 is 5.11 Å². The molecule has 1 unspecified atom stereocenters. The first kappa shape index (κ1) is 16.0. The molecule has 1 aliphatic heterocycles. The lowest BCUT2D eigenvalue weighted by Gasteiger charge is -2.28. The summed E-state index contributed by atoms with van der Waals surface area (Å²) in [4.78, 5) is 1.22. The van der Waals surface area contributed by atoms with E-state index in [2.05, 4.69) is 52.9 Å². The van der Waals surface area contributed by atoms with Gasteiger partial charge in [-0.05, 0) is 41.5 Å². The van der Waals surface area contributed by atoms with E-state index in [1.165, 1.54) is 10.5 Å². The van der Waals surface area contributed by atoms with Crippen molar-refractivity contribution in [2.45, 2.75) is 23.3 Å². The Balaban J connectivity index is 1.95. The Kier molecular flexibility index (Phi) is 4.94. The molecule has 0 saturated heterocycles. The van der Waals surface area contributed by atoms with E-state index < -0.39 is 5.54 Å². The largest absolute Gasteiger partial charge is 0.396 e. The Hall–Kier alpha value is -1.91. The molecule has 0 amide bonds. The van der Waals surface area contributed by atoms with E-state index in [9.17, 15) is 5.11 Å². The minimum absolute atomic E-state index is 0.0788. The fourth-order valence-electron chi connectivity index (χ4n) is 3.00. The van der Waals surface area contributed by atoms with Crippen LogP contribution in [0.2, 0.25) is 0 Å². The molecule has 23 heavy (non-hydrogen) atoms. The SMILES string of the molecule is CSc1ccc(C2(CCO)N=NC=C2Cc2ccccc2)cc1. The molecular weight excluding hydrogens is 304 g/mol. The van der Waals surface area contributed by atoms with Gasteiger partial charge in [0, 0.05) is 17.9 Å². The Morgan fingerprint density at radius 3 is 2.43 bits per heavy atom. The summed E-state index contributed by atoms with van der Waals surface area (Å²) in [5, 5.41) is 18.3. The zero-order valence-corrected chi connectivity index (χ0v) is 14.0. The number of benzene rings is 2. The fraction of sp³-hybridized carbons (Fsp3) is 0.263. The number of azo groups is 1. The molecule has 0 bridgehead atoms. The van der Waals surface area contributed by atoms with Gasteiger partial charge in [0.15, 0.2) is 0 Å². The van der Waals surface area contributed by atoms with Gasteiger partial charge in [0.05, 0.1) is 6.20 Å². The van der Waals surface area contributed by atoms with E-state index in [0.717, 1.165) is 17.6 Å². The molecule has 0 saturated carbocycles. The highest BCUT2D eigenvalue weighted by atomic mass is 32.2. The minimum atomic E-state index is -0.540. The average molecular weight is 324 g/mol. The summed E-state index contributed by atoms with van der Waals surface area (Å²) in [5.74, 6) is 0.